The molecule has 1 aliphatic rings. The van der Waals surface area contributed by atoms with Crippen LogP contribution in [0.4, 0.5) is 5.69 Å². The number of carbonyl (C=O) groups is 1. The summed E-state index contributed by atoms with van der Waals surface area (Å²) in [4.78, 5) is 16.8. The van der Waals surface area contributed by atoms with E-state index >= 15 is 0 Å². The van der Waals surface area contributed by atoms with E-state index in [0.717, 1.165) is 43.0 Å². The zero-order valence-corrected chi connectivity index (χ0v) is 12.8. The van der Waals surface area contributed by atoms with Crippen LogP contribution in [-0.4, -0.2) is 51.1 Å². The summed E-state index contributed by atoms with van der Waals surface area (Å²) in [6.07, 6.45) is 2.44. The number of likely N-dealkylation sites (N-methyl/N-ethyl adjacent to an activating group) is 2. The molecule has 0 aromatic heterocycles. The van der Waals surface area contributed by atoms with Crippen LogP contribution in [0.3, 0.4) is 0 Å². The fourth-order valence-electron chi connectivity index (χ4n) is 2.64. The lowest BCUT2D eigenvalue weighted by Crippen LogP contribution is -2.34. The van der Waals surface area contributed by atoms with E-state index in [1.54, 1.807) is 4.90 Å². The van der Waals surface area contributed by atoms with Crippen LogP contribution in [0.1, 0.15) is 28.8 Å². The smallest absolute Gasteiger partial charge is 0.255 e. The van der Waals surface area contributed by atoms with Gasteiger partial charge in [-0.25, -0.2) is 0 Å². The van der Waals surface area contributed by atoms with Crippen molar-refractivity contribution in [2.24, 2.45) is 0 Å². The third kappa shape index (κ3) is 3.31. The largest absolute Gasteiger partial charge is 0.371 e. The first-order chi connectivity index (χ1) is 9.63. The molecule has 1 saturated heterocycles. The van der Waals surface area contributed by atoms with Crippen LogP contribution in [0.25, 0.3) is 0 Å². The van der Waals surface area contributed by atoms with Crippen molar-refractivity contribution in [3.63, 3.8) is 0 Å². The van der Waals surface area contributed by atoms with Crippen LogP contribution in [-0.2, 0) is 0 Å². The van der Waals surface area contributed by atoms with E-state index in [4.69, 9.17) is 0 Å². The third-order valence-electron chi connectivity index (χ3n) is 3.87. The maximum atomic E-state index is 12.7. The van der Waals surface area contributed by atoms with Gasteiger partial charge in [-0.15, -0.1) is 0 Å². The predicted molar refractivity (Wildman–Crippen MR) is 83.5 cm³/mol. The lowest BCUT2D eigenvalue weighted by Gasteiger charge is -2.24. The van der Waals surface area contributed by atoms with Gasteiger partial charge < -0.3 is 15.1 Å². The summed E-state index contributed by atoms with van der Waals surface area (Å²) >= 11 is 0. The Morgan fingerprint density at radius 2 is 2.05 bits per heavy atom. The molecule has 1 aliphatic heterocycles. The molecule has 0 saturated carbocycles. The minimum Gasteiger partial charge on any atom is -0.371 e. The van der Waals surface area contributed by atoms with Crippen molar-refractivity contribution in [2.45, 2.75) is 19.8 Å². The molecule has 0 spiro atoms. The number of nitrogens with zero attached hydrogens (tertiary/aromatic N) is 2. The predicted octanol–water partition coefficient (Wildman–Crippen LogP) is 1.89. The summed E-state index contributed by atoms with van der Waals surface area (Å²) in [7, 11) is 3.77. The molecular formula is C16H25N3O. The number of anilines is 1. The Hall–Kier alpha value is -1.55. The Morgan fingerprint density at radius 1 is 1.35 bits per heavy atom. The van der Waals surface area contributed by atoms with Gasteiger partial charge in [-0.05, 0) is 38.9 Å². The normalized spacial score (nSPS) is 14.7. The monoisotopic (exact) mass is 275 g/mol. The van der Waals surface area contributed by atoms with Crippen molar-refractivity contribution < 1.29 is 4.79 Å². The van der Waals surface area contributed by atoms with Crippen LogP contribution in [0.2, 0.25) is 0 Å². The molecule has 1 aromatic rings. The van der Waals surface area contributed by atoms with Crippen molar-refractivity contribution in [1.82, 2.24) is 10.2 Å². The Bertz CT molecular complexity index is 467. The Labute approximate surface area is 121 Å². The minimum atomic E-state index is 0.117. The number of carbonyl (C=O) groups excluding carboxylic acids is 1. The van der Waals surface area contributed by atoms with Gasteiger partial charge >= 0.3 is 0 Å². The lowest BCUT2D eigenvalue weighted by atomic mass is 10.1. The molecule has 0 unspecified atom stereocenters. The van der Waals surface area contributed by atoms with Crippen molar-refractivity contribution in [1.29, 1.82) is 0 Å². The van der Waals surface area contributed by atoms with Crippen molar-refractivity contribution in [3.8, 4) is 0 Å². The highest BCUT2D eigenvalue weighted by Crippen LogP contribution is 2.26. The highest BCUT2D eigenvalue weighted by atomic mass is 16.2. The molecule has 0 bridgehead atoms. The molecule has 0 atom stereocenters. The number of amides is 1. The second kappa shape index (κ2) is 6.75. The van der Waals surface area contributed by atoms with Gasteiger partial charge in [0.2, 0.25) is 0 Å². The van der Waals surface area contributed by atoms with Crippen molar-refractivity contribution >= 4 is 11.6 Å². The molecule has 1 fully saturated rings. The van der Waals surface area contributed by atoms with Gasteiger partial charge in [0.05, 0.1) is 5.56 Å². The minimum absolute atomic E-state index is 0.117. The maximum absolute atomic E-state index is 12.7. The number of aryl methyl sites for hydroxylation is 1. The van der Waals surface area contributed by atoms with Crippen molar-refractivity contribution in [2.75, 3.05) is 45.2 Å². The molecule has 0 aliphatic carbocycles. The first-order valence-corrected chi connectivity index (χ1v) is 7.39. The molecule has 1 N–H and O–H groups in total. The summed E-state index contributed by atoms with van der Waals surface area (Å²) in [6, 6.07) is 6.21. The van der Waals surface area contributed by atoms with Crippen LogP contribution in [0.15, 0.2) is 18.2 Å². The standard InChI is InChI=1S/C16H25N3O/c1-13-6-7-15(19-9-4-5-10-19)14(12-13)16(20)18(3)11-8-17-2/h6-7,12,17H,4-5,8-11H2,1-3H3. The van der Waals surface area contributed by atoms with Gasteiger partial charge in [-0.3, -0.25) is 4.79 Å². The molecule has 2 rings (SSSR count). The van der Waals surface area contributed by atoms with E-state index < -0.39 is 0 Å². The van der Waals surface area contributed by atoms with Gasteiger partial charge in [0.25, 0.3) is 5.91 Å². The Morgan fingerprint density at radius 3 is 2.70 bits per heavy atom. The summed E-state index contributed by atoms with van der Waals surface area (Å²) < 4.78 is 0. The molecule has 1 amide bonds. The van der Waals surface area contributed by atoms with E-state index in [-0.39, 0.29) is 5.91 Å². The molecule has 1 heterocycles. The molecular weight excluding hydrogens is 250 g/mol. The van der Waals surface area contributed by atoms with Gasteiger partial charge in [0.1, 0.15) is 0 Å². The third-order valence-corrected chi connectivity index (χ3v) is 3.87. The van der Waals surface area contributed by atoms with E-state index in [1.807, 2.05) is 27.1 Å². The first-order valence-electron chi connectivity index (χ1n) is 7.39. The summed E-state index contributed by atoms with van der Waals surface area (Å²) in [5, 5.41) is 3.08. The van der Waals surface area contributed by atoms with E-state index in [1.165, 1.54) is 12.8 Å². The number of rotatable bonds is 5. The average Bonchev–Trinajstić information content (AvgIpc) is 2.97. The second-order valence-corrected chi connectivity index (χ2v) is 5.55. The number of hydrogen-bond donors (Lipinski definition) is 1. The Balaban J connectivity index is 2.24. The molecule has 0 radical (unpaired) electrons. The zero-order chi connectivity index (χ0) is 14.5. The highest BCUT2D eigenvalue weighted by Gasteiger charge is 2.21. The number of hydrogen-bond acceptors (Lipinski definition) is 3. The molecule has 4 nitrogen and oxygen atoms in total. The second-order valence-electron chi connectivity index (χ2n) is 5.55. The van der Waals surface area contributed by atoms with Gasteiger partial charge in [0, 0.05) is 38.9 Å². The summed E-state index contributed by atoms with van der Waals surface area (Å²) in [5.74, 6) is 0.117. The van der Waals surface area contributed by atoms with Crippen LogP contribution in [0.5, 0.6) is 0 Å². The fourth-order valence-corrected chi connectivity index (χ4v) is 2.64. The Kier molecular flexibility index (Phi) is 5.01. The average molecular weight is 275 g/mol. The molecule has 1 aromatic carbocycles. The van der Waals surface area contributed by atoms with Crippen LogP contribution < -0.4 is 10.2 Å². The summed E-state index contributed by atoms with van der Waals surface area (Å²) in [6.45, 7) is 5.70. The van der Waals surface area contributed by atoms with Crippen molar-refractivity contribution in [3.05, 3.63) is 29.3 Å². The van der Waals surface area contributed by atoms with Gasteiger partial charge in [0.15, 0.2) is 0 Å². The summed E-state index contributed by atoms with van der Waals surface area (Å²) in [5.41, 5.74) is 3.07. The SMILES string of the molecule is CNCCN(C)C(=O)c1cc(C)ccc1N1CCCC1. The maximum Gasteiger partial charge on any atom is 0.255 e. The van der Waals surface area contributed by atoms with E-state index in [9.17, 15) is 4.79 Å². The van der Waals surface area contributed by atoms with E-state index in [0.29, 0.717) is 0 Å². The van der Waals surface area contributed by atoms with E-state index in [2.05, 4.69) is 22.3 Å². The fraction of sp³-hybridized carbons (Fsp3) is 0.562. The highest BCUT2D eigenvalue weighted by molar-refractivity contribution is 6.00. The topological polar surface area (TPSA) is 35.6 Å². The molecule has 4 heteroatoms. The zero-order valence-electron chi connectivity index (χ0n) is 12.8. The van der Waals surface area contributed by atoms with Gasteiger partial charge in [-0.1, -0.05) is 11.6 Å². The quantitative estimate of drug-likeness (QED) is 0.891. The number of nitrogens with one attached hydrogen (secondary N) is 1. The van der Waals surface area contributed by atoms with Gasteiger partial charge in [-0.2, -0.15) is 0 Å². The van der Waals surface area contributed by atoms with Crippen LogP contribution in [0, 0.1) is 6.92 Å². The first kappa shape index (κ1) is 14.9. The molecule has 20 heavy (non-hydrogen) atoms. The molecule has 110 valence electrons. The lowest BCUT2D eigenvalue weighted by molar-refractivity contribution is 0.0797. The van der Waals surface area contributed by atoms with Crippen LogP contribution >= 0.6 is 0 Å². The number of benzene rings is 1.